The molecule has 210 valence electrons. The van der Waals surface area contributed by atoms with Gasteiger partial charge in [0.1, 0.15) is 12.2 Å². The second kappa shape index (κ2) is 9.18. The van der Waals surface area contributed by atoms with Gasteiger partial charge >= 0.3 is 17.9 Å². The molecule has 0 unspecified atom stereocenters. The molecule has 5 rings (SSSR count). The lowest BCUT2D eigenvalue weighted by molar-refractivity contribution is -0.226. The van der Waals surface area contributed by atoms with Gasteiger partial charge in [-0.2, -0.15) is 0 Å². The van der Waals surface area contributed by atoms with Crippen LogP contribution in [0.4, 0.5) is 0 Å². The summed E-state index contributed by atoms with van der Waals surface area (Å²) in [7, 11) is 2.60. The number of rotatable bonds is 5. The van der Waals surface area contributed by atoms with Crippen LogP contribution < -0.4 is 0 Å². The van der Waals surface area contributed by atoms with Gasteiger partial charge in [-0.25, -0.2) is 0 Å². The normalized spacial score (nSPS) is 40.5. The van der Waals surface area contributed by atoms with Crippen LogP contribution in [0.25, 0.3) is 0 Å². The van der Waals surface area contributed by atoms with Crippen LogP contribution in [0.15, 0.2) is 46.3 Å². The lowest BCUT2D eigenvalue weighted by atomic mass is 9.41. The van der Waals surface area contributed by atoms with Crippen LogP contribution >= 0.6 is 0 Å². The van der Waals surface area contributed by atoms with Crippen LogP contribution in [-0.2, 0) is 38.1 Å². The van der Waals surface area contributed by atoms with E-state index in [2.05, 4.69) is 6.92 Å². The minimum atomic E-state index is -1.32. The summed E-state index contributed by atoms with van der Waals surface area (Å²) in [4.78, 5) is 52.9. The standard InChI is InChI=1S/C30H36O9/c1-15-18(17-9-11-37-14-17)12-19-23(15)30(5)20(13-22(33)35-6)29(4)21(32)8-10-28(3,27(34)36-7)25(29)24(26(30)39-19)38-16(2)31/h8-11,14,18-20,24-26H,12-13H2,1-7H3/t18-,19-,20-,24-,25+,26-,28-,29+,30-/m1/s1. The first kappa shape index (κ1) is 27.4. The first-order chi connectivity index (χ1) is 18.3. The molecule has 9 heteroatoms. The number of methoxy groups -OCH3 is 2. The largest absolute Gasteiger partial charge is 0.472 e. The minimum absolute atomic E-state index is 0.0419. The van der Waals surface area contributed by atoms with Crippen molar-refractivity contribution < 1.29 is 42.5 Å². The Labute approximate surface area is 227 Å². The molecule has 0 radical (unpaired) electrons. The van der Waals surface area contributed by atoms with Crippen molar-refractivity contribution >= 4 is 23.7 Å². The maximum absolute atomic E-state index is 14.0. The Hall–Kier alpha value is -3.20. The van der Waals surface area contributed by atoms with Gasteiger partial charge in [0.05, 0.1) is 44.7 Å². The third kappa shape index (κ3) is 3.61. The molecular weight excluding hydrogens is 504 g/mol. The molecule has 2 fully saturated rings. The van der Waals surface area contributed by atoms with E-state index in [0.29, 0.717) is 6.42 Å². The quantitative estimate of drug-likeness (QED) is 0.311. The summed E-state index contributed by atoms with van der Waals surface area (Å²) in [6, 6.07) is 1.93. The number of carbonyl (C=O) groups excluding carboxylic acids is 4. The molecular formula is C30H36O9. The molecule has 1 aromatic heterocycles. The number of ketones is 1. The molecule has 39 heavy (non-hydrogen) atoms. The van der Waals surface area contributed by atoms with E-state index in [-0.39, 0.29) is 24.2 Å². The van der Waals surface area contributed by atoms with E-state index in [4.69, 9.17) is 23.4 Å². The van der Waals surface area contributed by atoms with Crippen LogP contribution in [0.3, 0.4) is 0 Å². The molecule has 0 bridgehead atoms. The highest BCUT2D eigenvalue weighted by Crippen LogP contribution is 2.70. The zero-order valence-corrected chi connectivity index (χ0v) is 23.4. The zero-order chi connectivity index (χ0) is 28.5. The molecule has 1 saturated carbocycles. The Balaban J connectivity index is 1.78. The van der Waals surface area contributed by atoms with Gasteiger partial charge < -0.3 is 23.4 Å². The van der Waals surface area contributed by atoms with Gasteiger partial charge in [-0.3, -0.25) is 19.2 Å². The second-order valence-electron chi connectivity index (χ2n) is 11.9. The summed E-state index contributed by atoms with van der Waals surface area (Å²) in [6.45, 7) is 8.83. The molecule has 0 amide bonds. The van der Waals surface area contributed by atoms with Crippen molar-refractivity contribution in [3.63, 3.8) is 0 Å². The molecule has 3 aliphatic carbocycles. The smallest absolute Gasteiger partial charge is 0.315 e. The predicted octanol–water partition coefficient (Wildman–Crippen LogP) is 3.92. The maximum Gasteiger partial charge on any atom is 0.315 e. The van der Waals surface area contributed by atoms with Gasteiger partial charge in [-0.15, -0.1) is 0 Å². The number of furan rings is 1. The van der Waals surface area contributed by atoms with Crippen LogP contribution in [0.2, 0.25) is 0 Å². The molecule has 9 atom stereocenters. The predicted molar refractivity (Wildman–Crippen MR) is 137 cm³/mol. The fourth-order valence-corrected chi connectivity index (χ4v) is 8.57. The second-order valence-corrected chi connectivity index (χ2v) is 11.9. The van der Waals surface area contributed by atoms with E-state index in [1.165, 1.54) is 33.3 Å². The summed E-state index contributed by atoms with van der Waals surface area (Å²) in [6.07, 6.45) is 4.88. The van der Waals surface area contributed by atoms with E-state index in [0.717, 1.165) is 16.7 Å². The Morgan fingerprint density at radius 1 is 1.10 bits per heavy atom. The third-order valence-corrected chi connectivity index (χ3v) is 10.2. The van der Waals surface area contributed by atoms with Gasteiger partial charge in [0.2, 0.25) is 0 Å². The SMILES string of the molecule is COC(=O)C[C@H]1[C@]2(C)C3=C(C)[C@H](c4ccoc4)C[C@H]3O[C@@H]2[C@H](OC(C)=O)[C@@H]2[C@]1(C)C(=O)C=C[C@@]2(C)C(=O)OC. The van der Waals surface area contributed by atoms with Crippen LogP contribution in [0.1, 0.15) is 58.9 Å². The summed E-state index contributed by atoms with van der Waals surface area (Å²) in [5.41, 5.74) is -0.391. The van der Waals surface area contributed by atoms with Gasteiger partial charge in [-0.05, 0) is 49.5 Å². The Bertz CT molecular complexity index is 1280. The van der Waals surface area contributed by atoms with Crippen LogP contribution in [0.5, 0.6) is 0 Å². The number of ether oxygens (including phenoxy) is 4. The molecule has 1 saturated heterocycles. The highest BCUT2D eigenvalue weighted by molar-refractivity contribution is 5.99. The molecule has 4 aliphatic rings. The highest BCUT2D eigenvalue weighted by Gasteiger charge is 2.75. The van der Waals surface area contributed by atoms with Crippen molar-refractivity contribution in [3.05, 3.63) is 47.5 Å². The monoisotopic (exact) mass is 540 g/mol. The van der Waals surface area contributed by atoms with Crippen LogP contribution in [-0.4, -0.2) is 56.2 Å². The summed E-state index contributed by atoms with van der Waals surface area (Å²) < 4.78 is 28.5. The summed E-state index contributed by atoms with van der Waals surface area (Å²) >= 11 is 0. The van der Waals surface area contributed by atoms with Crippen molar-refractivity contribution in [2.45, 2.75) is 71.7 Å². The van der Waals surface area contributed by atoms with Gasteiger partial charge in [-0.1, -0.05) is 25.5 Å². The fourth-order valence-electron chi connectivity index (χ4n) is 8.57. The van der Waals surface area contributed by atoms with E-state index in [1.807, 2.05) is 13.0 Å². The van der Waals surface area contributed by atoms with E-state index in [9.17, 15) is 19.2 Å². The Morgan fingerprint density at radius 2 is 1.82 bits per heavy atom. The maximum atomic E-state index is 14.0. The molecule has 0 spiro atoms. The molecule has 2 heterocycles. The van der Waals surface area contributed by atoms with Crippen LogP contribution in [0, 0.1) is 28.1 Å². The lowest BCUT2D eigenvalue weighted by Crippen LogP contribution is -2.70. The fraction of sp³-hybridized carbons (Fsp3) is 0.600. The highest BCUT2D eigenvalue weighted by atomic mass is 16.6. The van der Waals surface area contributed by atoms with Gasteiger partial charge in [0, 0.05) is 29.6 Å². The van der Waals surface area contributed by atoms with Crippen molar-refractivity contribution in [3.8, 4) is 0 Å². The summed E-state index contributed by atoms with van der Waals surface area (Å²) in [5, 5.41) is 0. The Kier molecular flexibility index (Phi) is 6.44. The van der Waals surface area contributed by atoms with Gasteiger partial charge in [0.15, 0.2) is 5.78 Å². The Morgan fingerprint density at radius 3 is 2.41 bits per heavy atom. The molecule has 0 N–H and O–H groups in total. The number of hydrogen-bond donors (Lipinski definition) is 0. The molecule has 1 aromatic rings. The molecule has 1 aliphatic heterocycles. The third-order valence-electron chi connectivity index (χ3n) is 10.2. The lowest BCUT2D eigenvalue weighted by Gasteiger charge is -2.62. The minimum Gasteiger partial charge on any atom is -0.472 e. The topological polar surface area (TPSA) is 118 Å². The number of carbonyl (C=O) groups is 4. The first-order valence-corrected chi connectivity index (χ1v) is 13.3. The average Bonchev–Trinajstić information content (AvgIpc) is 3.60. The number of fused-ring (bicyclic) bond motifs is 4. The van der Waals surface area contributed by atoms with E-state index in [1.54, 1.807) is 26.4 Å². The van der Waals surface area contributed by atoms with Crippen molar-refractivity contribution in [1.82, 2.24) is 0 Å². The van der Waals surface area contributed by atoms with Crippen molar-refractivity contribution in [2.75, 3.05) is 14.2 Å². The number of allylic oxidation sites excluding steroid dienone is 2. The van der Waals surface area contributed by atoms with Gasteiger partial charge in [0.25, 0.3) is 0 Å². The number of hydrogen-bond acceptors (Lipinski definition) is 9. The number of esters is 3. The molecule has 0 aromatic carbocycles. The molecule has 9 nitrogen and oxygen atoms in total. The van der Waals surface area contributed by atoms with E-state index < -0.39 is 58.2 Å². The van der Waals surface area contributed by atoms with Crippen molar-refractivity contribution in [1.29, 1.82) is 0 Å². The summed E-state index contributed by atoms with van der Waals surface area (Å²) in [5.74, 6) is -3.26. The zero-order valence-electron chi connectivity index (χ0n) is 23.4. The van der Waals surface area contributed by atoms with Crippen molar-refractivity contribution in [2.24, 2.45) is 28.1 Å². The first-order valence-electron chi connectivity index (χ1n) is 13.3. The average molecular weight is 541 g/mol. The van der Waals surface area contributed by atoms with E-state index >= 15 is 0 Å².